The molecule has 1 aromatic carbocycles. The Labute approximate surface area is 125 Å². The van der Waals surface area contributed by atoms with E-state index in [0.29, 0.717) is 5.95 Å². The topological polar surface area (TPSA) is 41.1 Å². The number of aryl methyl sites for hydroxylation is 2. The molecule has 5 heteroatoms. The van der Waals surface area contributed by atoms with Gasteiger partial charge in [0.2, 0.25) is 5.95 Å². The zero-order chi connectivity index (χ0) is 15.4. The molecule has 2 aromatic rings. The first-order chi connectivity index (χ1) is 10.0. The van der Waals surface area contributed by atoms with Gasteiger partial charge in [-0.2, -0.15) is 4.98 Å². The Bertz CT molecular complexity index is 628. The van der Waals surface area contributed by atoms with Gasteiger partial charge in [-0.05, 0) is 31.9 Å². The second-order valence-electron chi connectivity index (χ2n) is 5.14. The Hall–Kier alpha value is -2.17. The fourth-order valence-electron chi connectivity index (χ4n) is 2.21. The molecular weight excluding hydrogens is 267 g/mol. The largest absolute Gasteiger partial charge is 0.354 e. The van der Waals surface area contributed by atoms with Crippen molar-refractivity contribution in [2.75, 3.05) is 23.8 Å². The van der Waals surface area contributed by atoms with Crippen LogP contribution in [0.1, 0.15) is 24.5 Å². The van der Waals surface area contributed by atoms with Crippen LogP contribution >= 0.6 is 0 Å². The van der Waals surface area contributed by atoms with Crippen LogP contribution in [0.15, 0.2) is 24.4 Å². The van der Waals surface area contributed by atoms with Gasteiger partial charge in [0.25, 0.3) is 0 Å². The van der Waals surface area contributed by atoms with Crippen molar-refractivity contribution in [2.24, 2.45) is 0 Å². The van der Waals surface area contributed by atoms with E-state index in [1.54, 1.807) is 4.90 Å². The summed E-state index contributed by atoms with van der Waals surface area (Å²) in [5, 5.41) is 3.08. The van der Waals surface area contributed by atoms with Crippen LogP contribution < -0.4 is 10.2 Å². The minimum atomic E-state index is -0.431. The first kappa shape index (κ1) is 15.2. The smallest absolute Gasteiger partial charge is 0.224 e. The number of benzene rings is 1. The summed E-state index contributed by atoms with van der Waals surface area (Å²) in [4.78, 5) is 10.00. The molecule has 0 unspecified atom stereocenters. The van der Waals surface area contributed by atoms with Crippen molar-refractivity contribution >= 4 is 17.5 Å². The lowest BCUT2D eigenvalue weighted by atomic mass is 10.1. The van der Waals surface area contributed by atoms with Gasteiger partial charge in [0.1, 0.15) is 0 Å². The van der Waals surface area contributed by atoms with Crippen molar-refractivity contribution in [1.82, 2.24) is 9.97 Å². The van der Waals surface area contributed by atoms with Gasteiger partial charge in [0, 0.05) is 19.3 Å². The molecule has 0 atom stereocenters. The summed E-state index contributed by atoms with van der Waals surface area (Å²) in [6.45, 7) is 6.86. The molecule has 0 radical (unpaired) electrons. The lowest BCUT2D eigenvalue weighted by Crippen LogP contribution is -2.16. The normalized spacial score (nSPS) is 10.5. The number of hydrogen-bond donors (Lipinski definition) is 1. The fraction of sp³-hybridized carbons (Fsp3) is 0.375. The van der Waals surface area contributed by atoms with Gasteiger partial charge in [-0.25, -0.2) is 9.37 Å². The van der Waals surface area contributed by atoms with Crippen LogP contribution in [0.2, 0.25) is 0 Å². The van der Waals surface area contributed by atoms with Crippen molar-refractivity contribution in [3.63, 3.8) is 0 Å². The average molecular weight is 288 g/mol. The maximum atomic E-state index is 14.0. The highest BCUT2D eigenvalue weighted by atomic mass is 19.1. The molecule has 0 saturated carbocycles. The number of halogens is 1. The van der Waals surface area contributed by atoms with Gasteiger partial charge in [-0.3, -0.25) is 0 Å². The Balaban J connectivity index is 2.35. The molecule has 1 N–H and O–H groups in total. The highest BCUT2D eigenvalue weighted by Crippen LogP contribution is 2.28. The molecule has 0 spiro atoms. The molecule has 21 heavy (non-hydrogen) atoms. The highest BCUT2D eigenvalue weighted by Gasteiger charge is 2.14. The number of hydrogen-bond acceptors (Lipinski definition) is 4. The van der Waals surface area contributed by atoms with Gasteiger partial charge >= 0.3 is 0 Å². The maximum absolute atomic E-state index is 14.0. The van der Waals surface area contributed by atoms with Gasteiger partial charge in [-0.1, -0.05) is 24.6 Å². The first-order valence-corrected chi connectivity index (χ1v) is 7.10. The van der Waals surface area contributed by atoms with E-state index in [1.165, 1.54) is 11.8 Å². The van der Waals surface area contributed by atoms with Crippen LogP contribution in [0.25, 0.3) is 0 Å². The van der Waals surface area contributed by atoms with E-state index >= 15 is 0 Å². The van der Waals surface area contributed by atoms with E-state index in [-0.39, 0.29) is 5.82 Å². The van der Waals surface area contributed by atoms with Gasteiger partial charge < -0.3 is 10.2 Å². The van der Waals surface area contributed by atoms with Crippen LogP contribution in [-0.4, -0.2) is 23.6 Å². The molecule has 4 nitrogen and oxygen atoms in total. The fourth-order valence-corrected chi connectivity index (χ4v) is 2.21. The molecular formula is C16H21FN4. The number of nitrogens with zero attached hydrogens (tertiary/aromatic N) is 3. The zero-order valence-corrected chi connectivity index (χ0v) is 12.9. The third kappa shape index (κ3) is 3.48. The van der Waals surface area contributed by atoms with Gasteiger partial charge in [0.15, 0.2) is 11.6 Å². The summed E-state index contributed by atoms with van der Waals surface area (Å²) < 4.78 is 14.0. The number of anilines is 3. The number of aromatic nitrogens is 2. The molecule has 0 aliphatic heterocycles. The quantitative estimate of drug-likeness (QED) is 0.908. The van der Waals surface area contributed by atoms with Crippen LogP contribution in [0.4, 0.5) is 21.8 Å². The molecule has 112 valence electrons. The molecule has 0 fully saturated rings. The van der Waals surface area contributed by atoms with Crippen molar-refractivity contribution in [3.8, 4) is 0 Å². The molecule has 0 aliphatic carbocycles. The van der Waals surface area contributed by atoms with Crippen LogP contribution in [0.3, 0.4) is 0 Å². The van der Waals surface area contributed by atoms with Crippen LogP contribution in [0.5, 0.6) is 0 Å². The third-order valence-electron chi connectivity index (χ3n) is 3.29. The summed E-state index contributed by atoms with van der Waals surface area (Å²) in [7, 11) is 1.81. The molecule has 0 saturated heterocycles. The summed E-state index contributed by atoms with van der Waals surface area (Å²) >= 11 is 0. The van der Waals surface area contributed by atoms with Crippen molar-refractivity contribution < 1.29 is 4.39 Å². The summed E-state index contributed by atoms with van der Waals surface area (Å²) in [5.41, 5.74) is 3.19. The number of nitrogens with one attached hydrogen (secondary N) is 1. The number of rotatable bonds is 5. The van der Waals surface area contributed by atoms with Gasteiger partial charge in [-0.15, -0.1) is 0 Å². The molecule has 1 heterocycles. The molecule has 1 aromatic heterocycles. The lowest BCUT2D eigenvalue weighted by molar-refractivity contribution is 0.614. The Morgan fingerprint density at radius 2 is 2.05 bits per heavy atom. The first-order valence-electron chi connectivity index (χ1n) is 7.10. The molecule has 0 amide bonds. The molecule has 0 aliphatic rings. The zero-order valence-electron chi connectivity index (χ0n) is 12.9. The SMILES string of the molecule is CCCNc1ncc(F)c(N(C)c2ccc(C)cc2C)n1. The Kier molecular flexibility index (Phi) is 4.73. The minimum Gasteiger partial charge on any atom is -0.354 e. The van der Waals surface area contributed by atoms with Crippen molar-refractivity contribution in [3.05, 3.63) is 41.3 Å². The van der Waals surface area contributed by atoms with E-state index < -0.39 is 5.82 Å². The standard InChI is InChI=1S/C16H21FN4/c1-5-8-18-16-19-10-13(17)15(20-16)21(4)14-7-6-11(2)9-12(14)3/h6-7,9-10H,5,8H2,1-4H3,(H,18,19,20). The van der Waals surface area contributed by atoms with E-state index in [4.69, 9.17) is 0 Å². The van der Waals surface area contributed by atoms with E-state index in [9.17, 15) is 4.39 Å². The van der Waals surface area contributed by atoms with Crippen LogP contribution in [0, 0.1) is 19.7 Å². The predicted octanol–water partition coefficient (Wildman–Crippen LogP) is 3.82. The van der Waals surface area contributed by atoms with Crippen LogP contribution in [-0.2, 0) is 0 Å². The van der Waals surface area contributed by atoms with E-state index in [0.717, 1.165) is 24.2 Å². The van der Waals surface area contributed by atoms with E-state index in [1.807, 2.05) is 33.0 Å². The summed E-state index contributed by atoms with van der Waals surface area (Å²) in [5.74, 6) is 0.292. The Morgan fingerprint density at radius 3 is 2.71 bits per heavy atom. The molecule has 2 rings (SSSR count). The third-order valence-corrected chi connectivity index (χ3v) is 3.29. The van der Waals surface area contributed by atoms with Crippen molar-refractivity contribution in [1.29, 1.82) is 0 Å². The van der Waals surface area contributed by atoms with E-state index in [2.05, 4.69) is 28.3 Å². The molecule has 0 bridgehead atoms. The summed E-state index contributed by atoms with van der Waals surface area (Å²) in [6.07, 6.45) is 2.17. The summed E-state index contributed by atoms with van der Waals surface area (Å²) in [6, 6.07) is 6.06. The van der Waals surface area contributed by atoms with Crippen molar-refractivity contribution in [2.45, 2.75) is 27.2 Å². The maximum Gasteiger partial charge on any atom is 0.224 e. The minimum absolute atomic E-state index is 0.274. The average Bonchev–Trinajstić information content (AvgIpc) is 2.46. The second-order valence-corrected chi connectivity index (χ2v) is 5.14. The predicted molar refractivity (Wildman–Crippen MR) is 84.7 cm³/mol. The van der Waals surface area contributed by atoms with Gasteiger partial charge in [0.05, 0.1) is 6.20 Å². The Morgan fingerprint density at radius 1 is 1.29 bits per heavy atom. The highest BCUT2D eigenvalue weighted by molar-refractivity contribution is 5.64. The monoisotopic (exact) mass is 288 g/mol. The second kappa shape index (κ2) is 6.52. The lowest BCUT2D eigenvalue weighted by Gasteiger charge is -2.21.